The maximum atomic E-state index is 11.4. The van der Waals surface area contributed by atoms with Gasteiger partial charge < -0.3 is 20.8 Å². The van der Waals surface area contributed by atoms with E-state index in [4.69, 9.17) is 22.1 Å². The molecule has 0 radical (unpaired) electrons. The third-order valence-electron chi connectivity index (χ3n) is 5.26. The number of H-pyrrole nitrogens is 1. The number of carbonyl (C=O) groups excluding carboxylic acids is 2. The molecule has 0 aliphatic heterocycles. The van der Waals surface area contributed by atoms with Crippen LogP contribution in [-0.2, 0) is 21.5 Å². The highest BCUT2D eigenvalue weighted by atomic mass is 35.5. The highest BCUT2D eigenvalue weighted by Crippen LogP contribution is 2.31. The summed E-state index contributed by atoms with van der Waals surface area (Å²) in [4.78, 5) is 34.8. The number of nitrogens with two attached hydrogens (primary N) is 1. The van der Waals surface area contributed by atoms with Crippen LogP contribution < -0.4 is 15.8 Å². The number of primary amides is 1. The standard InChI is InChI=1S/C25H24ClN5O3/c1-14(32)31-25(2,3)17-7-9-18(10-8-17)34-24-28-20-13-19(26)22(29-23(20)30-24)16-6-4-5-15(11-16)12-21(27)33/h4-11,13H,12H2,1-3H3,(H2,27,33)(H,31,32)(H,28,29,30). The van der Waals surface area contributed by atoms with E-state index in [1.54, 1.807) is 6.07 Å². The van der Waals surface area contributed by atoms with Crippen LogP contribution in [-0.4, -0.2) is 26.8 Å². The van der Waals surface area contributed by atoms with Crippen LogP contribution >= 0.6 is 11.6 Å². The molecule has 0 bridgehead atoms. The highest BCUT2D eigenvalue weighted by Gasteiger charge is 2.21. The number of imidazole rings is 1. The van der Waals surface area contributed by atoms with Gasteiger partial charge in [-0.1, -0.05) is 41.9 Å². The summed E-state index contributed by atoms with van der Waals surface area (Å²) in [5.41, 5.74) is 8.89. The van der Waals surface area contributed by atoms with Crippen LogP contribution in [0.4, 0.5) is 0 Å². The van der Waals surface area contributed by atoms with E-state index in [2.05, 4.69) is 20.3 Å². The van der Waals surface area contributed by atoms with Crippen molar-refractivity contribution in [3.05, 3.63) is 70.7 Å². The van der Waals surface area contributed by atoms with Crippen LogP contribution in [0.25, 0.3) is 22.4 Å². The number of nitrogens with one attached hydrogen (secondary N) is 2. The van der Waals surface area contributed by atoms with Crippen LogP contribution in [0.1, 0.15) is 31.9 Å². The molecule has 0 atom stereocenters. The number of nitrogens with zero attached hydrogens (tertiary/aromatic N) is 2. The molecule has 2 heterocycles. The maximum Gasteiger partial charge on any atom is 0.301 e. The zero-order valence-electron chi connectivity index (χ0n) is 19.0. The van der Waals surface area contributed by atoms with Crippen molar-refractivity contribution in [2.24, 2.45) is 5.73 Å². The van der Waals surface area contributed by atoms with Crippen molar-refractivity contribution in [1.29, 1.82) is 0 Å². The van der Waals surface area contributed by atoms with Crippen molar-refractivity contribution >= 4 is 34.6 Å². The van der Waals surface area contributed by atoms with Crippen LogP contribution in [0.3, 0.4) is 0 Å². The molecule has 0 fully saturated rings. The van der Waals surface area contributed by atoms with E-state index in [1.165, 1.54) is 6.92 Å². The predicted octanol–water partition coefficient (Wildman–Crippen LogP) is 4.47. The summed E-state index contributed by atoms with van der Waals surface area (Å²) in [5, 5.41) is 3.35. The first-order chi connectivity index (χ1) is 16.1. The molecule has 0 aliphatic rings. The molecule has 0 unspecified atom stereocenters. The SMILES string of the molecule is CC(=O)NC(C)(C)c1ccc(Oc2nc3nc(-c4cccc(CC(N)=O)c4)c(Cl)cc3[nH]2)cc1. The Bertz CT molecular complexity index is 1380. The second kappa shape index (κ2) is 9.15. The fraction of sp³-hybridized carbons (Fsp3) is 0.200. The molecule has 0 saturated heterocycles. The van der Waals surface area contributed by atoms with E-state index in [1.807, 2.05) is 62.4 Å². The van der Waals surface area contributed by atoms with Crippen LogP contribution in [0.15, 0.2) is 54.6 Å². The average molecular weight is 478 g/mol. The van der Waals surface area contributed by atoms with E-state index < -0.39 is 11.4 Å². The summed E-state index contributed by atoms with van der Waals surface area (Å²) < 4.78 is 5.87. The molecular formula is C25H24ClN5O3. The number of aromatic nitrogens is 3. The van der Waals surface area contributed by atoms with Crippen LogP contribution in [0, 0.1) is 0 Å². The molecule has 0 saturated carbocycles. The number of aromatic amines is 1. The van der Waals surface area contributed by atoms with Gasteiger partial charge in [-0.2, -0.15) is 4.98 Å². The molecule has 9 heteroatoms. The maximum absolute atomic E-state index is 11.4. The normalized spacial score (nSPS) is 11.4. The molecule has 0 spiro atoms. The van der Waals surface area contributed by atoms with Gasteiger partial charge in [-0.3, -0.25) is 9.59 Å². The fourth-order valence-electron chi connectivity index (χ4n) is 3.74. The third-order valence-corrected chi connectivity index (χ3v) is 5.55. The Morgan fingerprint density at radius 1 is 1.12 bits per heavy atom. The second-order valence-electron chi connectivity index (χ2n) is 8.51. The molecule has 4 rings (SSSR count). The summed E-state index contributed by atoms with van der Waals surface area (Å²) in [6.07, 6.45) is 0.134. The first-order valence-corrected chi connectivity index (χ1v) is 11.0. The summed E-state index contributed by atoms with van der Waals surface area (Å²) in [6, 6.07) is 16.7. The minimum absolute atomic E-state index is 0.0993. The van der Waals surface area contributed by atoms with Crippen molar-refractivity contribution in [2.45, 2.75) is 32.7 Å². The van der Waals surface area contributed by atoms with E-state index in [-0.39, 0.29) is 18.3 Å². The van der Waals surface area contributed by atoms with E-state index in [9.17, 15) is 9.59 Å². The zero-order chi connectivity index (χ0) is 24.5. The number of pyridine rings is 1. The lowest BCUT2D eigenvalue weighted by atomic mass is 9.94. The summed E-state index contributed by atoms with van der Waals surface area (Å²) in [6.45, 7) is 5.35. The molecule has 34 heavy (non-hydrogen) atoms. The van der Waals surface area contributed by atoms with Gasteiger partial charge in [0.1, 0.15) is 5.75 Å². The lowest BCUT2D eigenvalue weighted by Crippen LogP contribution is -2.39. The van der Waals surface area contributed by atoms with Gasteiger partial charge in [-0.05, 0) is 49.2 Å². The zero-order valence-corrected chi connectivity index (χ0v) is 19.7. The Hall–Kier alpha value is -3.91. The van der Waals surface area contributed by atoms with Crippen LogP contribution in [0.5, 0.6) is 11.8 Å². The van der Waals surface area contributed by atoms with E-state index >= 15 is 0 Å². The average Bonchev–Trinajstić information content (AvgIpc) is 3.13. The molecule has 2 aromatic carbocycles. The van der Waals surface area contributed by atoms with E-state index in [0.717, 1.165) is 16.7 Å². The summed E-state index contributed by atoms with van der Waals surface area (Å²) in [5.74, 6) is 0.0668. The van der Waals surface area contributed by atoms with Crippen molar-refractivity contribution in [3.8, 4) is 23.0 Å². The summed E-state index contributed by atoms with van der Waals surface area (Å²) >= 11 is 6.49. The Balaban J connectivity index is 1.58. The van der Waals surface area contributed by atoms with Gasteiger partial charge in [-0.15, -0.1) is 0 Å². The highest BCUT2D eigenvalue weighted by molar-refractivity contribution is 6.33. The molecule has 2 amide bonds. The minimum Gasteiger partial charge on any atom is -0.426 e. The Morgan fingerprint density at radius 3 is 2.53 bits per heavy atom. The second-order valence-corrected chi connectivity index (χ2v) is 8.92. The topological polar surface area (TPSA) is 123 Å². The van der Waals surface area contributed by atoms with Gasteiger partial charge in [-0.25, -0.2) is 4.98 Å². The van der Waals surface area contributed by atoms with Crippen molar-refractivity contribution < 1.29 is 14.3 Å². The van der Waals surface area contributed by atoms with E-state index in [0.29, 0.717) is 27.6 Å². The van der Waals surface area contributed by atoms with Crippen molar-refractivity contribution in [2.75, 3.05) is 0 Å². The number of carbonyl (C=O) groups is 2. The first kappa shape index (κ1) is 23.3. The number of hydrogen-bond donors (Lipinski definition) is 3. The monoisotopic (exact) mass is 477 g/mol. The number of rotatable bonds is 7. The quantitative estimate of drug-likeness (QED) is 0.362. The third kappa shape index (κ3) is 5.18. The Morgan fingerprint density at radius 2 is 1.85 bits per heavy atom. The number of benzene rings is 2. The number of ether oxygens (including phenoxy) is 1. The summed E-state index contributed by atoms with van der Waals surface area (Å²) in [7, 11) is 0. The molecule has 8 nitrogen and oxygen atoms in total. The number of hydrogen-bond acceptors (Lipinski definition) is 5. The molecular weight excluding hydrogens is 454 g/mol. The molecule has 0 aliphatic carbocycles. The fourth-order valence-corrected chi connectivity index (χ4v) is 4.00. The molecule has 4 N–H and O–H groups in total. The van der Waals surface area contributed by atoms with Gasteiger partial charge in [0.05, 0.1) is 28.2 Å². The lowest BCUT2D eigenvalue weighted by Gasteiger charge is -2.26. The number of fused-ring (bicyclic) bond motifs is 1. The van der Waals surface area contributed by atoms with Crippen LogP contribution in [0.2, 0.25) is 5.02 Å². The minimum atomic E-state index is -0.504. The van der Waals surface area contributed by atoms with Gasteiger partial charge in [0.2, 0.25) is 11.8 Å². The van der Waals surface area contributed by atoms with Gasteiger partial charge in [0.25, 0.3) is 0 Å². The Labute approximate surface area is 201 Å². The Kier molecular flexibility index (Phi) is 6.26. The molecule has 4 aromatic rings. The number of amides is 2. The largest absolute Gasteiger partial charge is 0.426 e. The van der Waals surface area contributed by atoms with Gasteiger partial charge in [0.15, 0.2) is 5.65 Å². The smallest absolute Gasteiger partial charge is 0.301 e. The lowest BCUT2D eigenvalue weighted by molar-refractivity contribution is -0.120. The number of halogens is 1. The van der Waals surface area contributed by atoms with Crippen molar-refractivity contribution in [1.82, 2.24) is 20.3 Å². The van der Waals surface area contributed by atoms with Gasteiger partial charge in [0, 0.05) is 12.5 Å². The molecule has 174 valence electrons. The predicted molar refractivity (Wildman–Crippen MR) is 131 cm³/mol. The molecule has 2 aromatic heterocycles. The van der Waals surface area contributed by atoms with Crippen molar-refractivity contribution in [3.63, 3.8) is 0 Å². The van der Waals surface area contributed by atoms with Gasteiger partial charge >= 0.3 is 6.01 Å². The first-order valence-electron chi connectivity index (χ1n) is 10.6.